The maximum atomic E-state index is 13.8. The topological polar surface area (TPSA) is 40.9 Å². The molecule has 21 heavy (non-hydrogen) atoms. The van der Waals surface area contributed by atoms with E-state index in [0.29, 0.717) is 6.07 Å². The number of nitrogens with zero attached hydrogens (tertiary/aromatic N) is 1. The lowest BCUT2D eigenvalue weighted by atomic mass is 9.91. The van der Waals surface area contributed by atoms with Gasteiger partial charge in [-0.05, 0) is 30.3 Å². The van der Waals surface area contributed by atoms with Crippen molar-refractivity contribution >= 4 is 17.4 Å². The van der Waals surface area contributed by atoms with Gasteiger partial charge in [-0.1, -0.05) is 17.7 Å². The maximum absolute atomic E-state index is 13.8. The number of halogens is 4. The molecule has 0 N–H and O–H groups in total. The van der Waals surface area contributed by atoms with Crippen molar-refractivity contribution in [3.05, 3.63) is 70.0 Å². The van der Waals surface area contributed by atoms with E-state index in [1.807, 2.05) is 0 Å². The van der Waals surface area contributed by atoms with Gasteiger partial charge in [0.2, 0.25) is 0 Å². The van der Waals surface area contributed by atoms with Crippen LogP contribution in [0, 0.1) is 28.8 Å². The predicted octanol–water partition coefficient (Wildman–Crippen LogP) is 4.25. The minimum atomic E-state index is -1.66. The molecular weight excluding hydrogens is 303 g/mol. The highest BCUT2D eigenvalue weighted by Gasteiger charge is 2.29. The molecule has 106 valence electrons. The molecule has 2 aromatic rings. The molecule has 0 saturated carbocycles. The fourth-order valence-corrected chi connectivity index (χ4v) is 2.15. The van der Waals surface area contributed by atoms with Crippen molar-refractivity contribution in [1.82, 2.24) is 0 Å². The Morgan fingerprint density at radius 2 is 1.86 bits per heavy atom. The monoisotopic (exact) mass is 309 g/mol. The van der Waals surface area contributed by atoms with Crippen molar-refractivity contribution in [2.75, 3.05) is 0 Å². The van der Waals surface area contributed by atoms with Crippen LogP contribution in [0.4, 0.5) is 13.2 Å². The lowest BCUT2D eigenvalue weighted by Crippen LogP contribution is -2.15. The second kappa shape index (κ2) is 5.98. The van der Waals surface area contributed by atoms with Gasteiger partial charge in [0, 0.05) is 10.6 Å². The summed E-state index contributed by atoms with van der Waals surface area (Å²) in [6.45, 7) is 0. The molecule has 0 radical (unpaired) electrons. The number of hydrogen-bond acceptors (Lipinski definition) is 2. The van der Waals surface area contributed by atoms with Crippen LogP contribution in [-0.4, -0.2) is 5.78 Å². The van der Waals surface area contributed by atoms with Gasteiger partial charge in [-0.25, -0.2) is 13.2 Å². The Labute approximate surface area is 123 Å². The summed E-state index contributed by atoms with van der Waals surface area (Å²) in [5.41, 5.74) is -0.976. The first kappa shape index (κ1) is 15.1. The van der Waals surface area contributed by atoms with E-state index in [4.69, 9.17) is 16.9 Å². The maximum Gasteiger partial charge on any atom is 0.187 e. The Kier molecular flexibility index (Phi) is 4.29. The number of hydrogen-bond donors (Lipinski definition) is 0. The first-order valence-electron chi connectivity index (χ1n) is 5.78. The molecule has 0 spiro atoms. The van der Waals surface area contributed by atoms with Crippen molar-refractivity contribution in [3.8, 4) is 6.07 Å². The molecular formula is C15H7ClF3NO. The Balaban J connectivity index is 2.55. The van der Waals surface area contributed by atoms with Crippen LogP contribution in [-0.2, 0) is 0 Å². The van der Waals surface area contributed by atoms with Gasteiger partial charge >= 0.3 is 0 Å². The molecule has 1 atom stereocenters. The van der Waals surface area contributed by atoms with Crippen LogP contribution in [0.2, 0.25) is 5.02 Å². The summed E-state index contributed by atoms with van der Waals surface area (Å²) in [5.74, 6) is -5.40. The zero-order valence-corrected chi connectivity index (χ0v) is 11.2. The summed E-state index contributed by atoms with van der Waals surface area (Å²) in [7, 11) is 0. The summed E-state index contributed by atoms with van der Waals surface area (Å²) in [6, 6.07) is 7.49. The standard InChI is InChI=1S/C15H7ClF3NO/c16-11-2-1-3-13(19)14(11)10(7-20)15(21)9-6-8(17)4-5-12(9)18/h1-6,10H. The SMILES string of the molecule is N#CC(C(=O)c1cc(F)ccc1F)c1c(F)cccc1Cl. The summed E-state index contributed by atoms with van der Waals surface area (Å²) in [5, 5.41) is 8.98. The molecule has 1 unspecified atom stereocenters. The number of Topliss-reactive ketones (excluding diaryl/α,β-unsaturated/α-hetero) is 1. The zero-order chi connectivity index (χ0) is 15.6. The van der Waals surface area contributed by atoms with Crippen LogP contribution in [0.1, 0.15) is 21.8 Å². The summed E-state index contributed by atoms with van der Waals surface area (Å²) >= 11 is 5.79. The Morgan fingerprint density at radius 3 is 2.48 bits per heavy atom. The second-order valence-corrected chi connectivity index (χ2v) is 4.59. The molecule has 6 heteroatoms. The van der Waals surface area contributed by atoms with E-state index in [9.17, 15) is 18.0 Å². The number of rotatable bonds is 3. The average molecular weight is 310 g/mol. The van der Waals surface area contributed by atoms with Gasteiger partial charge in [-0.2, -0.15) is 5.26 Å². The van der Waals surface area contributed by atoms with Crippen LogP contribution in [0.15, 0.2) is 36.4 Å². The first-order chi connectivity index (χ1) is 9.95. The van der Waals surface area contributed by atoms with E-state index in [2.05, 4.69) is 0 Å². The Hall–Kier alpha value is -2.32. The molecule has 0 aromatic heterocycles. The first-order valence-corrected chi connectivity index (χ1v) is 6.16. The summed E-state index contributed by atoms with van der Waals surface area (Å²) in [6.07, 6.45) is 0. The highest BCUT2D eigenvalue weighted by atomic mass is 35.5. The number of carbonyl (C=O) groups excluding carboxylic acids is 1. The van der Waals surface area contributed by atoms with Gasteiger partial charge in [0.25, 0.3) is 0 Å². The number of nitriles is 1. The van der Waals surface area contributed by atoms with Crippen molar-refractivity contribution in [3.63, 3.8) is 0 Å². The number of carbonyl (C=O) groups is 1. The molecule has 0 bridgehead atoms. The van der Waals surface area contributed by atoms with Gasteiger partial charge in [0.05, 0.1) is 11.6 Å². The van der Waals surface area contributed by atoms with E-state index in [1.165, 1.54) is 12.1 Å². The largest absolute Gasteiger partial charge is 0.292 e. The third kappa shape index (κ3) is 2.91. The third-order valence-corrected chi connectivity index (χ3v) is 3.20. The van der Waals surface area contributed by atoms with Crippen molar-refractivity contribution in [1.29, 1.82) is 5.26 Å². The quantitative estimate of drug-likeness (QED) is 0.795. The molecule has 0 heterocycles. The molecule has 0 aliphatic heterocycles. The molecule has 0 aliphatic rings. The fourth-order valence-electron chi connectivity index (χ4n) is 1.88. The smallest absolute Gasteiger partial charge is 0.187 e. The molecule has 0 saturated heterocycles. The highest BCUT2D eigenvalue weighted by Crippen LogP contribution is 2.30. The lowest BCUT2D eigenvalue weighted by molar-refractivity contribution is 0.0973. The number of ketones is 1. The predicted molar refractivity (Wildman–Crippen MR) is 70.5 cm³/mol. The van der Waals surface area contributed by atoms with Crippen LogP contribution in [0.3, 0.4) is 0 Å². The third-order valence-electron chi connectivity index (χ3n) is 2.87. The van der Waals surface area contributed by atoms with Crippen LogP contribution in [0.25, 0.3) is 0 Å². The minimum absolute atomic E-state index is 0.133. The van der Waals surface area contributed by atoms with E-state index in [-0.39, 0.29) is 10.6 Å². The van der Waals surface area contributed by atoms with Gasteiger partial charge in [0.15, 0.2) is 5.78 Å². The molecule has 0 amide bonds. The van der Waals surface area contributed by atoms with Crippen molar-refractivity contribution < 1.29 is 18.0 Å². The summed E-state index contributed by atoms with van der Waals surface area (Å²) < 4.78 is 40.5. The minimum Gasteiger partial charge on any atom is -0.292 e. The second-order valence-electron chi connectivity index (χ2n) is 4.19. The molecule has 2 nitrogen and oxygen atoms in total. The van der Waals surface area contributed by atoms with E-state index < -0.39 is 34.7 Å². The normalized spacial score (nSPS) is 11.8. The van der Waals surface area contributed by atoms with E-state index >= 15 is 0 Å². The van der Waals surface area contributed by atoms with Crippen molar-refractivity contribution in [2.45, 2.75) is 5.92 Å². The van der Waals surface area contributed by atoms with E-state index in [1.54, 1.807) is 6.07 Å². The van der Waals surface area contributed by atoms with Gasteiger partial charge in [-0.3, -0.25) is 4.79 Å². The van der Waals surface area contributed by atoms with Crippen LogP contribution >= 0.6 is 11.6 Å². The molecule has 2 aromatic carbocycles. The van der Waals surface area contributed by atoms with Crippen LogP contribution in [0.5, 0.6) is 0 Å². The Morgan fingerprint density at radius 1 is 1.14 bits per heavy atom. The highest BCUT2D eigenvalue weighted by molar-refractivity contribution is 6.31. The Bertz CT molecular complexity index is 735. The van der Waals surface area contributed by atoms with Crippen molar-refractivity contribution in [2.24, 2.45) is 0 Å². The fraction of sp³-hybridized carbons (Fsp3) is 0.0667. The number of benzene rings is 2. The van der Waals surface area contributed by atoms with Gasteiger partial charge in [-0.15, -0.1) is 0 Å². The molecule has 0 fully saturated rings. The van der Waals surface area contributed by atoms with Gasteiger partial charge < -0.3 is 0 Å². The van der Waals surface area contributed by atoms with E-state index in [0.717, 1.165) is 18.2 Å². The molecule has 2 rings (SSSR count). The average Bonchev–Trinajstić information content (AvgIpc) is 2.45. The zero-order valence-electron chi connectivity index (χ0n) is 10.4. The van der Waals surface area contributed by atoms with Gasteiger partial charge in [0.1, 0.15) is 23.4 Å². The van der Waals surface area contributed by atoms with Crippen LogP contribution < -0.4 is 0 Å². The molecule has 0 aliphatic carbocycles. The summed E-state index contributed by atoms with van der Waals surface area (Å²) in [4.78, 5) is 12.2. The lowest BCUT2D eigenvalue weighted by Gasteiger charge is -2.12.